The Kier molecular flexibility index (Phi) is 8.94. The lowest BCUT2D eigenvalue weighted by Crippen LogP contribution is -2.54. The molecule has 2 aliphatic rings. The molecule has 2 atom stereocenters. The number of hydrogen-bond acceptors (Lipinski definition) is 5. The number of esters is 1. The molecule has 1 aromatic heterocycles. The minimum atomic E-state index is -2.79. The molecule has 3 amide bonds. The molecule has 0 spiro atoms. The second kappa shape index (κ2) is 12.1. The number of carbonyl (C=O) groups is 3. The number of ether oxygens (including phenoxy) is 1. The lowest BCUT2D eigenvalue weighted by molar-refractivity contribution is -0.144. The van der Waals surface area contributed by atoms with Gasteiger partial charge in [0.1, 0.15) is 17.9 Å². The Hall–Kier alpha value is -3.63. The molecule has 1 N–H and O–H groups in total. The van der Waals surface area contributed by atoms with Crippen molar-refractivity contribution in [3.63, 3.8) is 0 Å². The molecule has 2 heterocycles. The van der Waals surface area contributed by atoms with Gasteiger partial charge in [-0.2, -0.15) is 0 Å². The third kappa shape index (κ3) is 7.00. The van der Waals surface area contributed by atoms with E-state index in [1.54, 1.807) is 12.1 Å². The van der Waals surface area contributed by atoms with Gasteiger partial charge in [-0.3, -0.25) is 14.7 Å². The summed E-state index contributed by atoms with van der Waals surface area (Å²) in [5, 5.41) is 2.82. The molecule has 2 fully saturated rings. The number of anilines is 1. The SMILES string of the molecule is COC(=O)[C@@H]1CCCN1C(=O)N(c1ccc(C(C)(C)C)cc1)C(C(=O)NC1CCC(F)(F)CC1)c1cncc(F)c1. The number of alkyl halides is 2. The van der Waals surface area contributed by atoms with Crippen molar-refractivity contribution in [1.82, 2.24) is 15.2 Å². The highest BCUT2D eigenvalue weighted by molar-refractivity contribution is 6.02. The van der Waals surface area contributed by atoms with Crippen LogP contribution in [-0.4, -0.2) is 59.5 Å². The number of rotatable bonds is 6. The number of hydrogen-bond donors (Lipinski definition) is 1. The molecule has 0 bridgehead atoms. The molecule has 0 radical (unpaired) electrons. The van der Waals surface area contributed by atoms with Gasteiger partial charge in [0.2, 0.25) is 11.8 Å². The van der Waals surface area contributed by atoms with Crippen LogP contribution >= 0.6 is 0 Å². The van der Waals surface area contributed by atoms with Crippen molar-refractivity contribution in [1.29, 1.82) is 0 Å². The van der Waals surface area contributed by atoms with Crippen molar-refractivity contribution in [3.8, 4) is 0 Å². The van der Waals surface area contributed by atoms with Gasteiger partial charge >= 0.3 is 12.0 Å². The Morgan fingerprint density at radius 1 is 1.10 bits per heavy atom. The normalized spacial score (nSPS) is 19.9. The van der Waals surface area contributed by atoms with Gasteiger partial charge in [-0.25, -0.2) is 22.8 Å². The number of pyridine rings is 1. The van der Waals surface area contributed by atoms with Gasteiger partial charge in [0.25, 0.3) is 0 Å². The van der Waals surface area contributed by atoms with Crippen LogP contribution in [0.2, 0.25) is 0 Å². The summed E-state index contributed by atoms with van der Waals surface area (Å²) >= 11 is 0. The van der Waals surface area contributed by atoms with Gasteiger partial charge in [0.15, 0.2) is 0 Å². The van der Waals surface area contributed by atoms with Crippen LogP contribution < -0.4 is 10.2 Å². The van der Waals surface area contributed by atoms with E-state index >= 15 is 0 Å². The Morgan fingerprint density at radius 3 is 2.34 bits per heavy atom. The summed E-state index contributed by atoms with van der Waals surface area (Å²) in [5.74, 6) is -4.73. The van der Waals surface area contributed by atoms with Crippen LogP contribution in [-0.2, 0) is 19.7 Å². The average molecular weight is 575 g/mol. The summed E-state index contributed by atoms with van der Waals surface area (Å²) in [6, 6.07) is 4.80. The molecule has 1 saturated carbocycles. The highest BCUT2D eigenvalue weighted by Gasteiger charge is 2.43. The number of halogens is 3. The van der Waals surface area contributed by atoms with Crippen molar-refractivity contribution in [2.45, 2.75) is 88.8 Å². The fourth-order valence-corrected chi connectivity index (χ4v) is 5.47. The Bertz CT molecular complexity index is 1260. The lowest BCUT2D eigenvalue weighted by atomic mass is 9.87. The van der Waals surface area contributed by atoms with Crippen LogP contribution in [0, 0.1) is 5.82 Å². The summed E-state index contributed by atoms with van der Waals surface area (Å²) in [6.45, 7) is 6.37. The van der Waals surface area contributed by atoms with E-state index in [2.05, 4.69) is 10.3 Å². The molecule has 1 aromatic carbocycles. The Morgan fingerprint density at radius 2 is 1.76 bits per heavy atom. The first-order chi connectivity index (χ1) is 19.3. The Labute approximate surface area is 238 Å². The van der Waals surface area contributed by atoms with Crippen molar-refractivity contribution in [2.75, 3.05) is 18.6 Å². The number of aromatic nitrogens is 1. The molecule has 1 aliphatic carbocycles. The van der Waals surface area contributed by atoms with E-state index in [9.17, 15) is 27.6 Å². The van der Waals surface area contributed by atoms with Gasteiger partial charge in [-0.1, -0.05) is 32.9 Å². The smallest absolute Gasteiger partial charge is 0.328 e. The average Bonchev–Trinajstić information content (AvgIpc) is 3.42. The number of urea groups is 1. The third-order valence-electron chi connectivity index (χ3n) is 7.80. The molecule has 11 heteroatoms. The summed E-state index contributed by atoms with van der Waals surface area (Å²) < 4.78 is 47.0. The van der Waals surface area contributed by atoms with Gasteiger partial charge in [-0.15, -0.1) is 0 Å². The van der Waals surface area contributed by atoms with Crippen molar-refractivity contribution >= 4 is 23.6 Å². The fourth-order valence-electron chi connectivity index (χ4n) is 5.47. The van der Waals surface area contributed by atoms with E-state index in [0.29, 0.717) is 18.5 Å². The molecule has 4 rings (SSSR count). The van der Waals surface area contributed by atoms with Crippen LogP contribution in [0.15, 0.2) is 42.7 Å². The molecule has 1 unspecified atom stereocenters. The number of benzene rings is 1. The van der Waals surface area contributed by atoms with E-state index in [1.165, 1.54) is 23.1 Å². The highest BCUT2D eigenvalue weighted by Crippen LogP contribution is 2.36. The molecule has 1 saturated heterocycles. The van der Waals surface area contributed by atoms with E-state index in [0.717, 1.165) is 17.8 Å². The number of nitrogens with one attached hydrogen (secondary N) is 1. The molecule has 41 heavy (non-hydrogen) atoms. The maximum atomic E-state index is 14.4. The number of nitrogens with zero attached hydrogens (tertiary/aromatic N) is 3. The predicted molar refractivity (Wildman–Crippen MR) is 147 cm³/mol. The van der Waals surface area contributed by atoms with Crippen LogP contribution in [0.4, 0.5) is 23.7 Å². The number of carbonyl (C=O) groups excluding carboxylic acids is 3. The molecule has 1 aliphatic heterocycles. The van der Waals surface area contributed by atoms with Crippen LogP contribution in [0.25, 0.3) is 0 Å². The van der Waals surface area contributed by atoms with Crippen LogP contribution in [0.5, 0.6) is 0 Å². The largest absolute Gasteiger partial charge is 0.467 e. The molecule has 8 nitrogen and oxygen atoms in total. The number of amides is 3. The molecular weight excluding hydrogens is 537 g/mol. The first-order valence-electron chi connectivity index (χ1n) is 13.9. The maximum absolute atomic E-state index is 14.4. The van der Waals surface area contributed by atoms with Gasteiger partial charge < -0.3 is 15.0 Å². The zero-order chi connectivity index (χ0) is 29.9. The standard InChI is InChI=1S/C30H37F3N4O4/c1-29(2,3)20-7-9-23(10-8-20)37(28(40)36-15-5-6-24(36)27(39)41-4)25(19-16-21(31)18-34-17-19)26(38)35-22-11-13-30(32,33)14-12-22/h7-10,16-18,22,24-25H,5-6,11-15H2,1-4H3,(H,35,38)/t24-,25?/m0/s1. The second-order valence-corrected chi connectivity index (χ2v) is 11.8. The maximum Gasteiger partial charge on any atom is 0.328 e. The predicted octanol–water partition coefficient (Wildman–Crippen LogP) is 5.52. The summed E-state index contributed by atoms with van der Waals surface area (Å²) in [6.07, 6.45) is 2.63. The lowest BCUT2D eigenvalue weighted by Gasteiger charge is -2.37. The van der Waals surface area contributed by atoms with E-state index < -0.39 is 47.8 Å². The highest BCUT2D eigenvalue weighted by atomic mass is 19.3. The topological polar surface area (TPSA) is 91.8 Å². The van der Waals surface area contributed by atoms with Crippen molar-refractivity contribution in [3.05, 3.63) is 59.7 Å². The first-order valence-corrected chi connectivity index (χ1v) is 13.9. The summed E-state index contributed by atoms with van der Waals surface area (Å²) in [7, 11) is 1.24. The summed E-state index contributed by atoms with van der Waals surface area (Å²) in [4.78, 5) is 47.3. The molecule has 2 aromatic rings. The molecule has 222 valence electrons. The van der Waals surface area contributed by atoms with Gasteiger partial charge in [0, 0.05) is 42.9 Å². The monoisotopic (exact) mass is 574 g/mol. The second-order valence-electron chi connectivity index (χ2n) is 11.8. The zero-order valence-corrected chi connectivity index (χ0v) is 23.8. The minimum absolute atomic E-state index is 0.0671. The fraction of sp³-hybridized carbons (Fsp3) is 0.533. The van der Waals surface area contributed by atoms with Gasteiger partial charge in [-0.05, 0) is 54.9 Å². The van der Waals surface area contributed by atoms with E-state index in [4.69, 9.17) is 4.74 Å². The zero-order valence-electron chi connectivity index (χ0n) is 23.8. The van der Waals surface area contributed by atoms with E-state index in [-0.39, 0.29) is 43.2 Å². The number of methoxy groups -OCH3 is 1. The van der Waals surface area contributed by atoms with Gasteiger partial charge in [0.05, 0.1) is 13.3 Å². The van der Waals surface area contributed by atoms with Crippen molar-refractivity contribution < 1.29 is 32.3 Å². The quantitative estimate of drug-likeness (QED) is 0.459. The minimum Gasteiger partial charge on any atom is -0.467 e. The Balaban J connectivity index is 1.79. The van der Waals surface area contributed by atoms with Crippen molar-refractivity contribution in [2.24, 2.45) is 0 Å². The first kappa shape index (κ1) is 30.3. The number of likely N-dealkylation sites (tertiary alicyclic amines) is 1. The van der Waals surface area contributed by atoms with E-state index in [1.807, 2.05) is 32.9 Å². The van der Waals surface area contributed by atoms with Crippen LogP contribution in [0.1, 0.15) is 76.5 Å². The summed E-state index contributed by atoms with van der Waals surface area (Å²) in [5.41, 5.74) is 1.24. The third-order valence-corrected chi connectivity index (χ3v) is 7.80. The molecular formula is C30H37F3N4O4. The van der Waals surface area contributed by atoms with Crippen LogP contribution in [0.3, 0.4) is 0 Å².